The molecule has 22 heavy (non-hydrogen) atoms. The molecule has 0 spiro atoms. The molecule has 2 aromatic carbocycles. The molecule has 0 aliphatic heterocycles. The lowest BCUT2D eigenvalue weighted by atomic mass is 10.1. The van der Waals surface area contributed by atoms with Crippen molar-refractivity contribution in [3.05, 3.63) is 54.1 Å². The molecule has 0 atom stereocenters. The quantitative estimate of drug-likeness (QED) is 0.734. The highest BCUT2D eigenvalue weighted by molar-refractivity contribution is 5.85. The molecular formula is C18H19N3O. The van der Waals surface area contributed by atoms with Gasteiger partial charge in [0.1, 0.15) is 6.61 Å². The maximum Gasteiger partial charge on any atom is 0.225 e. The number of benzene rings is 2. The highest BCUT2D eigenvalue weighted by atomic mass is 16.5. The van der Waals surface area contributed by atoms with E-state index in [1.807, 2.05) is 49.5 Å². The van der Waals surface area contributed by atoms with E-state index in [0.717, 1.165) is 28.6 Å². The van der Waals surface area contributed by atoms with Gasteiger partial charge in [0.15, 0.2) is 5.82 Å². The molecule has 0 aliphatic rings. The maximum absolute atomic E-state index is 5.85. The van der Waals surface area contributed by atoms with Crippen molar-refractivity contribution in [2.75, 3.05) is 20.2 Å². The monoisotopic (exact) mass is 293 g/mol. The molecule has 0 aliphatic carbocycles. The Morgan fingerprint density at radius 2 is 1.77 bits per heavy atom. The van der Waals surface area contributed by atoms with E-state index < -0.39 is 0 Å². The molecule has 3 aromatic rings. The van der Waals surface area contributed by atoms with Gasteiger partial charge in [-0.1, -0.05) is 36.4 Å². The summed E-state index contributed by atoms with van der Waals surface area (Å²) in [4.78, 5) is 9.33. The van der Waals surface area contributed by atoms with Gasteiger partial charge in [-0.15, -0.1) is 0 Å². The number of hydrogen-bond donors (Lipinski definition) is 1. The van der Waals surface area contributed by atoms with Gasteiger partial charge in [-0.3, -0.25) is 0 Å². The number of aryl methyl sites for hydroxylation is 1. The zero-order valence-electron chi connectivity index (χ0n) is 12.8. The Kier molecular flexibility index (Phi) is 4.30. The Balaban J connectivity index is 2.10. The van der Waals surface area contributed by atoms with Gasteiger partial charge in [-0.2, -0.15) is 4.98 Å². The van der Waals surface area contributed by atoms with Crippen LogP contribution in [-0.4, -0.2) is 30.2 Å². The third-order valence-corrected chi connectivity index (χ3v) is 3.55. The minimum absolute atomic E-state index is 0.574. The Labute approximate surface area is 130 Å². The Hall–Kier alpha value is -2.46. The number of nitrogens with one attached hydrogen (secondary N) is 1. The number of hydrogen-bond acceptors (Lipinski definition) is 4. The molecule has 1 N–H and O–H groups in total. The predicted molar refractivity (Wildman–Crippen MR) is 89.1 cm³/mol. The smallest absolute Gasteiger partial charge is 0.225 e. The van der Waals surface area contributed by atoms with Crippen LogP contribution in [0.15, 0.2) is 48.5 Å². The summed E-state index contributed by atoms with van der Waals surface area (Å²) in [5.74, 6) is 1.34. The molecule has 4 heteroatoms. The fourth-order valence-corrected chi connectivity index (χ4v) is 2.35. The van der Waals surface area contributed by atoms with E-state index in [1.165, 1.54) is 0 Å². The SMILES string of the molecule is CNCCOc1nc(-c2ccccc2C)nc2ccccc12. The molecule has 0 bridgehead atoms. The largest absolute Gasteiger partial charge is 0.476 e. The number of para-hydroxylation sites is 1. The number of nitrogens with zero attached hydrogens (tertiary/aromatic N) is 2. The van der Waals surface area contributed by atoms with Gasteiger partial charge in [0.2, 0.25) is 5.88 Å². The molecule has 1 aromatic heterocycles. The highest BCUT2D eigenvalue weighted by Gasteiger charge is 2.11. The summed E-state index contributed by atoms with van der Waals surface area (Å²) < 4.78 is 5.85. The topological polar surface area (TPSA) is 47.0 Å². The van der Waals surface area contributed by atoms with Gasteiger partial charge in [-0.25, -0.2) is 4.98 Å². The van der Waals surface area contributed by atoms with E-state index in [0.29, 0.717) is 18.3 Å². The summed E-state index contributed by atoms with van der Waals surface area (Å²) in [6.45, 7) is 3.41. The number of fused-ring (bicyclic) bond motifs is 1. The molecule has 0 fully saturated rings. The first kappa shape index (κ1) is 14.5. The van der Waals surface area contributed by atoms with Crippen LogP contribution in [0.3, 0.4) is 0 Å². The molecule has 1 heterocycles. The van der Waals surface area contributed by atoms with E-state index in [4.69, 9.17) is 4.74 Å². The third kappa shape index (κ3) is 2.92. The Morgan fingerprint density at radius 1 is 1.00 bits per heavy atom. The zero-order chi connectivity index (χ0) is 15.4. The Morgan fingerprint density at radius 3 is 2.59 bits per heavy atom. The summed E-state index contributed by atoms with van der Waals surface area (Å²) in [6.07, 6.45) is 0. The van der Waals surface area contributed by atoms with Crippen molar-refractivity contribution in [1.82, 2.24) is 15.3 Å². The zero-order valence-corrected chi connectivity index (χ0v) is 12.8. The molecular weight excluding hydrogens is 274 g/mol. The molecule has 112 valence electrons. The molecule has 0 saturated carbocycles. The number of aromatic nitrogens is 2. The summed E-state index contributed by atoms with van der Waals surface area (Å²) >= 11 is 0. The van der Waals surface area contributed by atoms with Crippen molar-refractivity contribution in [1.29, 1.82) is 0 Å². The first-order valence-corrected chi connectivity index (χ1v) is 7.40. The van der Waals surface area contributed by atoms with Gasteiger partial charge in [0.05, 0.1) is 10.9 Å². The third-order valence-electron chi connectivity index (χ3n) is 3.55. The highest BCUT2D eigenvalue weighted by Crippen LogP contribution is 2.27. The van der Waals surface area contributed by atoms with E-state index in [2.05, 4.69) is 28.3 Å². The van der Waals surface area contributed by atoms with E-state index in [9.17, 15) is 0 Å². The standard InChI is InChI=1S/C18H19N3O/c1-13-7-3-4-8-14(13)17-20-16-10-6-5-9-15(16)18(21-17)22-12-11-19-2/h3-10,19H,11-12H2,1-2H3. The van der Waals surface area contributed by atoms with Crippen LogP contribution in [0.2, 0.25) is 0 Å². The predicted octanol–water partition coefficient (Wildman–Crippen LogP) is 3.20. The molecule has 4 nitrogen and oxygen atoms in total. The second-order valence-electron chi connectivity index (χ2n) is 5.14. The first-order valence-electron chi connectivity index (χ1n) is 7.40. The summed E-state index contributed by atoms with van der Waals surface area (Å²) in [6, 6.07) is 16.1. The average Bonchev–Trinajstić information content (AvgIpc) is 2.55. The van der Waals surface area contributed by atoms with Crippen LogP contribution in [0.25, 0.3) is 22.3 Å². The van der Waals surface area contributed by atoms with E-state index >= 15 is 0 Å². The van der Waals surface area contributed by atoms with Crippen LogP contribution in [0.1, 0.15) is 5.56 Å². The number of likely N-dealkylation sites (N-methyl/N-ethyl adjacent to an activating group) is 1. The van der Waals surface area contributed by atoms with E-state index in [-0.39, 0.29) is 0 Å². The Bertz CT molecular complexity index is 786. The van der Waals surface area contributed by atoms with Crippen molar-refractivity contribution in [3.8, 4) is 17.3 Å². The van der Waals surface area contributed by atoms with Gasteiger partial charge in [-0.05, 0) is 31.7 Å². The fourth-order valence-electron chi connectivity index (χ4n) is 2.35. The average molecular weight is 293 g/mol. The second kappa shape index (κ2) is 6.54. The van der Waals surface area contributed by atoms with E-state index in [1.54, 1.807) is 0 Å². The minimum atomic E-state index is 0.574. The molecule has 0 amide bonds. The lowest BCUT2D eigenvalue weighted by molar-refractivity contribution is 0.310. The van der Waals surface area contributed by atoms with Gasteiger partial charge in [0, 0.05) is 12.1 Å². The van der Waals surface area contributed by atoms with Crippen LogP contribution < -0.4 is 10.1 Å². The number of ether oxygens (including phenoxy) is 1. The summed E-state index contributed by atoms with van der Waals surface area (Å²) in [5.41, 5.74) is 3.08. The van der Waals surface area contributed by atoms with Crippen LogP contribution in [0, 0.1) is 6.92 Å². The lowest BCUT2D eigenvalue weighted by Crippen LogP contribution is -2.16. The van der Waals surface area contributed by atoms with Crippen molar-refractivity contribution in [2.24, 2.45) is 0 Å². The maximum atomic E-state index is 5.85. The minimum Gasteiger partial charge on any atom is -0.476 e. The van der Waals surface area contributed by atoms with Crippen molar-refractivity contribution in [3.63, 3.8) is 0 Å². The number of rotatable bonds is 5. The van der Waals surface area contributed by atoms with Crippen LogP contribution >= 0.6 is 0 Å². The lowest BCUT2D eigenvalue weighted by Gasteiger charge is -2.11. The molecule has 0 saturated heterocycles. The molecule has 0 radical (unpaired) electrons. The molecule has 3 rings (SSSR count). The molecule has 0 unspecified atom stereocenters. The second-order valence-corrected chi connectivity index (χ2v) is 5.14. The van der Waals surface area contributed by atoms with Gasteiger partial charge < -0.3 is 10.1 Å². The summed E-state index contributed by atoms with van der Waals surface area (Å²) in [7, 11) is 1.90. The van der Waals surface area contributed by atoms with Gasteiger partial charge in [0.25, 0.3) is 0 Å². The summed E-state index contributed by atoms with van der Waals surface area (Å²) in [5, 5.41) is 4.01. The van der Waals surface area contributed by atoms with Crippen LogP contribution in [0.5, 0.6) is 5.88 Å². The van der Waals surface area contributed by atoms with Crippen LogP contribution in [-0.2, 0) is 0 Å². The first-order chi connectivity index (χ1) is 10.8. The van der Waals surface area contributed by atoms with Crippen LogP contribution in [0.4, 0.5) is 0 Å². The van der Waals surface area contributed by atoms with Crippen molar-refractivity contribution >= 4 is 10.9 Å². The van der Waals surface area contributed by atoms with Gasteiger partial charge >= 0.3 is 0 Å². The normalized spacial score (nSPS) is 10.8. The van der Waals surface area contributed by atoms with Crippen molar-refractivity contribution in [2.45, 2.75) is 6.92 Å². The van der Waals surface area contributed by atoms with Crippen molar-refractivity contribution < 1.29 is 4.74 Å². The fraction of sp³-hybridized carbons (Fsp3) is 0.222.